The van der Waals surface area contributed by atoms with Gasteiger partial charge in [-0.15, -0.1) is 0 Å². The van der Waals surface area contributed by atoms with Crippen LogP contribution in [0.5, 0.6) is 0 Å². The summed E-state index contributed by atoms with van der Waals surface area (Å²) in [5.74, 6) is -2.03. The summed E-state index contributed by atoms with van der Waals surface area (Å²) in [7, 11) is 0. The number of carbonyl (C=O) groups is 2. The maximum atomic E-state index is 10.8. The minimum absolute atomic E-state index is 0.547. The second-order valence-electron chi connectivity index (χ2n) is 3.01. The monoisotopic (exact) mass is 239 g/mol. The number of hydrogen-bond donors (Lipinski definition) is 2. The summed E-state index contributed by atoms with van der Waals surface area (Å²) in [6.45, 7) is 1.69. The summed E-state index contributed by atoms with van der Waals surface area (Å²) in [4.78, 5) is 21.2. The third-order valence-corrected chi connectivity index (χ3v) is 2.06. The molecule has 0 aliphatic carbocycles. The van der Waals surface area contributed by atoms with Crippen LogP contribution in [0.4, 0.5) is 0 Å². The van der Waals surface area contributed by atoms with Crippen LogP contribution in [0.15, 0.2) is 29.4 Å². The summed E-state index contributed by atoms with van der Waals surface area (Å²) < 4.78 is 0. The molecule has 84 valence electrons. The first-order valence-electron chi connectivity index (χ1n) is 4.40. The van der Waals surface area contributed by atoms with Crippen LogP contribution < -0.4 is 11.2 Å². The average Bonchev–Trinajstić information content (AvgIpc) is 2.26. The summed E-state index contributed by atoms with van der Waals surface area (Å²) in [6, 6.07) is 6.90. The van der Waals surface area contributed by atoms with Gasteiger partial charge in [-0.05, 0) is 24.6 Å². The Kier molecular flexibility index (Phi) is 4.02. The fourth-order valence-corrected chi connectivity index (χ4v) is 1.07. The molecule has 0 fully saturated rings. The lowest BCUT2D eigenvalue weighted by atomic mass is 10.1. The van der Waals surface area contributed by atoms with Crippen LogP contribution in [0.25, 0.3) is 0 Å². The maximum Gasteiger partial charge on any atom is 0.329 e. The van der Waals surface area contributed by atoms with Crippen molar-refractivity contribution in [2.75, 3.05) is 0 Å². The van der Waals surface area contributed by atoms with E-state index in [1.165, 1.54) is 0 Å². The predicted octanol–water partition coefficient (Wildman–Crippen LogP) is 0.666. The lowest BCUT2D eigenvalue weighted by molar-refractivity contribution is -0.137. The Hall–Kier alpha value is -1.88. The number of hydrogen-bond acceptors (Lipinski definition) is 3. The molecule has 0 atom stereocenters. The van der Waals surface area contributed by atoms with Gasteiger partial charge in [0.15, 0.2) is 0 Å². The van der Waals surface area contributed by atoms with Crippen molar-refractivity contribution >= 4 is 29.1 Å². The summed E-state index contributed by atoms with van der Waals surface area (Å²) in [6.07, 6.45) is 0. The van der Waals surface area contributed by atoms with Crippen LogP contribution in [-0.4, -0.2) is 17.5 Å². The van der Waals surface area contributed by atoms with Crippen LogP contribution in [0.1, 0.15) is 12.5 Å². The minimum atomic E-state index is -1.08. The van der Waals surface area contributed by atoms with Crippen LogP contribution in [-0.2, 0) is 9.59 Å². The number of carbonyl (C=O) groups excluding carboxylic acids is 2. The first-order valence-corrected chi connectivity index (χ1v) is 4.78. The Morgan fingerprint density at radius 3 is 2.38 bits per heavy atom. The highest BCUT2D eigenvalue weighted by atomic mass is 35.5. The highest BCUT2D eigenvalue weighted by molar-refractivity contribution is 6.34. The van der Waals surface area contributed by atoms with Gasteiger partial charge >= 0.3 is 11.8 Å². The second-order valence-corrected chi connectivity index (χ2v) is 3.45. The van der Waals surface area contributed by atoms with Crippen LogP contribution >= 0.6 is 11.6 Å². The number of nitrogens with zero attached hydrogens (tertiary/aromatic N) is 1. The van der Waals surface area contributed by atoms with Gasteiger partial charge in [0.2, 0.25) is 0 Å². The third kappa shape index (κ3) is 3.36. The standard InChI is InChI=1S/C10H10ClN3O2/c1-6(13-14-10(16)9(12)15)7-2-4-8(11)5-3-7/h2-5H,1H3,(H2,12,15)(H,14,16)/b13-6-. The topological polar surface area (TPSA) is 84.6 Å². The van der Waals surface area contributed by atoms with E-state index >= 15 is 0 Å². The zero-order valence-electron chi connectivity index (χ0n) is 8.53. The van der Waals surface area contributed by atoms with Crippen molar-refractivity contribution < 1.29 is 9.59 Å². The molecule has 0 radical (unpaired) electrons. The predicted molar refractivity (Wildman–Crippen MR) is 61.0 cm³/mol. The van der Waals surface area contributed by atoms with Crippen LogP contribution in [0.3, 0.4) is 0 Å². The molecule has 2 amide bonds. The molecule has 0 heterocycles. The number of primary amides is 1. The molecule has 0 bridgehead atoms. The van der Waals surface area contributed by atoms with Gasteiger partial charge in [-0.25, -0.2) is 5.43 Å². The van der Waals surface area contributed by atoms with E-state index in [1.807, 2.05) is 5.43 Å². The van der Waals surface area contributed by atoms with Gasteiger partial charge in [0.25, 0.3) is 0 Å². The van der Waals surface area contributed by atoms with Gasteiger partial charge in [0.05, 0.1) is 5.71 Å². The molecule has 0 aliphatic heterocycles. The molecular weight excluding hydrogens is 230 g/mol. The zero-order valence-corrected chi connectivity index (χ0v) is 9.28. The summed E-state index contributed by atoms with van der Waals surface area (Å²) >= 11 is 5.71. The van der Waals surface area contributed by atoms with E-state index in [0.29, 0.717) is 10.7 Å². The molecule has 0 aromatic heterocycles. The van der Waals surface area contributed by atoms with Crippen molar-refractivity contribution in [3.05, 3.63) is 34.9 Å². The van der Waals surface area contributed by atoms with E-state index in [1.54, 1.807) is 31.2 Å². The highest BCUT2D eigenvalue weighted by Gasteiger charge is 2.06. The van der Waals surface area contributed by atoms with Gasteiger partial charge in [-0.2, -0.15) is 5.10 Å². The molecule has 0 saturated heterocycles. The van der Waals surface area contributed by atoms with Crippen molar-refractivity contribution in [3.8, 4) is 0 Å². The van der Waals surface area contributed by atoms with Gasteiger partial charge in [0.1, 0.15) is 0 Å². The van der Waals surface area contributed by atoms with Crippen molar-refractivity contribution in [2.45, 2.75) is 6.92 Å². The van der Waals surface area contributed by atoms with Crippen molar-refractivity contribution in [1.29, 1.82) is 0 Å². The van der Waals surface area contributed by atoms with Crippen LogP contribution in [0.2, 0.25) is 5.02 Å². The average molecular weight is 240 g/mol. The second kappa shape index (κ2) is 5.27. The molecule has 6 heteroatoms. The molecule has 0 aliphatic rings. The Labute approximate surface area is 97.3 Å². The molecule has 16 heavy (non-hydrogen) atoms. The molecule has 0 unspecified atom stereocenters. The largest absolute Gasteiger partial charge is 0.361 e. The van der Waals surface area contributed by atoms with Crippen molar-refractivity contribution in [3.63, 3.8) is 0 Å². The fraction of sp³-hybridized carbons (Fsp3) is 0.100. The highest BCUT2D eigenvalue weighted by Crippen LogP contribution is 2.09. The number of nitrogens with one attached hydrogen (secondary N) is 1. The Morgan fingerprint density at radius 2 is 1.88 bits per heavy atom. The van der Waals surface area contributed by atoms with Crippen molar-refractivity contribution in [2.24, 2.45) is 10.8 Å². The quantitative estimate of drug-likeness (QED) is 0.452. The van der Waals surface area contributed by atoms with E-state index in [9.17, 15) is 9.59 Å². The number of benzene rings is 1. The molecule has 5 nitrogen and oxygen atoms in total. The normalized spacial score (nSPS) is 11.0. The number of nitrogens with two attached hydrogens (primary N) is 1. The van der Waals surface area contributed by atoms with Crippen LogP contribution in [0, 0.1) is 0 Å². The molecular formula is C10H10ClN3O2. The van der Waals surface area contributed by atoms with E-state index in [0.717, 1.165) is 5.56 Å². The van der Waals surface area contributed by atoms with Gasteiger partial charge in [-0.1, -0.05) is 23.7 Å². The van der Waals surface area contributed by atoms with E-state index < -0.39 is 11.8 Å². The maximum absolute atomic E-state index is 10.8. The molecule has 1 rings (SSSR count). The Bertz CT molecular complexity index is 440. The zero-order chi connectivity index (χ0) is 12.1. The Balaban J connectivity index is 2.74. The van der Waals surface area contributed by atoms with E-state index in [4.69, 9.17) is 17.3 Å². The summed E-state index contributed by atoms with van der Waals surface area (Å²) in [5, 5.41) is 4.33. The Morgan fingerprint density at radius 1 is 1.31 bits per heavy atom. The number of rotatable bonds is 2. The first-order chi connectivity index (χ1) is 7.50. The third-order valence-electron chi connectivity index (χ3n) is 1.81. The van der Waals surface area contributed by atoms with Gasteiger partial charge in [-0.3, -0.25) is 9.59 Å². The first kappa shape index (κ1) is 12.2. The minimum Gasteiger partial charge on any atom is -0.361 e. The smallest absolute Gasteiger partial charge is 0.329 e. The van der Waals surface area contributed by atoms with Crippen molar-refractivity contribution in [1.82, 2.24) is 5.43 Å². The SMILES string of the molecule is C/C(=N/NC(=O)C(N)=O)c1ccc(Cl)cc1. The number of hydrazone groups is 1. The molecule has 3 N–H and O–H groups in total. The lowest BCUT2D eigenvalue weighted by Gasteiger charge is -2.01. The van der Waals surface area contributed by atoms with Gasteiger partial charge in [0, 0.05) is 5.02 Å². The molecule has 0 spiro atoms. The molecule has 1 aromatic rings. The fourth-order valence-electron chi connectivity index (χ4n) is 0.945. The molecule has 0 saturated carbocycles. The van der Waals surface area contributed by atoms with Gasteiger partial charge < -0.3 is 5.73 Å². The van der Waals surface area contributed by atoms with E-state index in [-0.39, 0.29) is 0 Å². The summed E-state index contributed by atoms with van der Waals surface area (Å²) in [5.41, 5.74) is 8.11. The lowest BCUT2D eigenvalue weighted by Crippen LogP contribution is -2.33. The number of amides is 2. The van der Waals surface area contributed by atoms with E-state index in [2.05, 4.69) is 5.10 Å². The molecule has 1 aromatic carbocycles. The number of halogens is 1.